The van der Waals surface area contributed by atoms with Crippen molar-refractivity contribution in [1.29, 1.82) is 0 Å². The molecule has 1 fully saturated rings. The molecular weight excluding hydrogens is 368 g/mol. The van der Waals surface area contributed by atoms with Crippen molar-refractivity contribution in [1.82, 2.24) is 25.2 Å². The van der Waals surface area contributed by atoms with E-state index >= 15 is 0 Å². The van der Waals surface area contributed by atoms with Crippen LogP contribution in [0.4, 0.5) is 5.69 Å². The lowest BCUT2D eigenvalue weighted by molar-refractivity contribution is -0.115. The Balaban J connectivity index is 1.28. The second kappa shape index (κ2) is 7.31. The molecule has 0 atom stereocenters. The summed E-state index contributed by atoms with van der Waals surface area (Å²) in [5, 5.41) is 14.9. The molecule has 0 unspecified atom stereocenters. The fraction of sp³-hybridized carbons (Fsp3) is 0.190. The van der Waals surface area contributed by atoms with Gasteiger partial charge in [-0.05, 0) is 47.5 Å². The van der Waals surface area contributed by atoms with E-state index in [4.69, 9.17) is 4.42 Å². The predicted molar refractivity (Wildman–Crippen MR) is 106 cm³/mol. The standard InChI is InChI=1S/C21H18N6O2/c28-19(12-17-13-29-21(23-17)14-5-2-1-3-6-14)22-16-8-4-7-15(11-16)20-24-25-26-27(20)18-9-10-18/h1-8,11,13,18H,9-10,12H2,(H,22,28). The van der Waals surface area contributed by atoms with Gasteiger partial charge >= 0.3 is 0 Å². The average Bonchev–Trinajstić information content (AvgIpc) is 3.28. The molecule has 0 spiro atoms. The zero-order chi connectivity index (χ0) is 19.6. The van der Waals surface area contributed by atoms with Crippen LogP contribution < -0.4 is 5.32 Å². The van der Waals surface area contributed by atoms with Gasteiger partial charge in [-0.2, -0.15) is 0 Å². The van der Waals surface area contributed by atoms with Crippen molar-refractivity contribution in [3.8, 4) is 22.8 Å². The largest absolute Gasteiger partial charge is 0.444 e. The summed E-state index contributed by atoms with van der Waals surface area (Å²) in [6, 6.07) is 17.5. The molecule has 1 aliphatic rings. The topological polar surface area (TPSA) is 98.7 Å². The molecule has 29 heavy (non-hydrogen) atoms. The van der Waals surface area contributed by atoms with Gasteiger partial charge in [0.1, 0.15) is 6.26 Å². The number of amides is 1. The molecule has 1 amide bonds. The normalized spacial score (nSPS) is 13.4. The van der Waals surface area contributed by atoms with Crippen LogP contribution in [0.1, 0.15) is 24.6 Å². The van der Waals surface area contributed by atoms with E-state index in [0.29, 0.717) is 29.1 Å². The zero-order valence-electron chi connectivity index (χ0n) is 15.5. The Labute approximate surface area is 166 Å². The summed E-state index contributed by atoms with van der Waals surface area (Å²) in [5.41, 5.74) is 3.01. The van der Waals surface area contributed by atoms with Crippen LogP contribution in [-0.2, 0) is 11.2 Å². The first-order valence-electron chi connectivity index (χ1n) is 9.44. The van der Waals surface area contributed by atoms with E-state index in [-0.39, 0.29) is 12.3 Å². The van der Waals surface area contributed by atoms with Crippen molar-refractivity contribution in [3.05, 3.63) is 66.6 Å². The van der Waals surface area contributed by atoms with Gasteiger partial charge in [0.2, 0.25) is 11.8 Å². The van der Waals surface area contributed by atoms with Gasteiger partial charge in [0.15, 0.2) is 5.82 Å². The maximum absolute atomic E-state index is 12.5. The molecule has 0 aliphatic heterocycles. The summed E-state index contributed by atoms with van der Waals surface area (Å²) in [6.45, 7) is 0. The number of nitrogens with zero attached hydrogens (tertiary/aromatic N) is 5. The molecule has 5 rings (SSSR count). The predicted octanol–water partition coefficient (Wildman–Crippen LogP) is 3.51. The molecule has 0 bridgehead atoms. The van der Waals surface area contributed by atoms with Crippen LogP contribution in [0.15, 0.2) is 65.3 Å². The van der Waals surface area contributed by atoms with Crippen LogP contribution in [-0.4, -0.2) is 31.1 Å². The van der Waals surface area contributed by atoms with Gasteiger partial charge in [0, 0.05) is 16.8 Å². The van der Waals surface area contributed by atoms with E-state index in [0.717, 1.165) is 24.0 Å². The zero-order valence-corrected chi connectivity index (χ0v) is 15.5. The van der Waals surface area contributed by atoms with Gasteiger partial charge in [-0.25, -0.2) is 9.67 Å². The van der Waals surface area contributed by atoms with Gasteiger partial charge < -0.3 is 9.73 Å². The maximum Gasteiger partial charge on any atom is 0.230 e. The maximum atomic E-state index is 12.5. The third-order valence-electron chi connectivity index (χ3n) is 4.70. The van der Waals surface area contributed by atoms with E-state index in [1.807, 2.05) is 59.3 Å². The van der Waals surface area contributed by atoms with Crippen LogP contribution in [0.2, 0.25) is 0 Å². The van der Waals surface area contributed by atoms with Crippen molar-refractivity contribution in [3.63, 3.8) is 0 Å². The lowest BCUT2D eigenvalue weighted by atomic mass is 10.2. The van der Waals surface area contributed by atoms with Crippen molar-refractivity contribution in [2.75, 3.05) is 5.32 Å². The van der Waals surface area contributed by atoms with Crippen molar-refractivity contribution >= 4 is 11.6 Å². The summed E-state index contributed by atoms with van der Waals surface area (Å²) >= 11 is 0. The highest BCUT2D eigenvalue weighted by Crippen LogP contribution is 2.36. The number of benzene rings is 2. The summed E-state index contributed by atoms with van der Waals surface area (Å²) in [6.07, 6.45) is 3.83. The highest BCUT2D eigenvalue weighted by atomic mass is 16.3. The van der Waals surface area contributed by atoms with E-state index in [1.54, 1.807) is 0 Å². The van der Waals surface area contributed by atoms with Gasteiger partial charge in [0.05, 0.1) is 18.2 Å². The fourth-order valence-corrected chi connectivity index (χ4v) is 3.16. The third-order valence-corrected chi connectivity index (χ3v) is 4.70. The van der Waals surface area contributed by atoms with Gasteiger partial charge in [-0.15, -0.1) is 5.10 Å². The molecule has 8 nitrogen and oxygen atoms in total. The van der Waals surface area contributed by atoms with Crippen molar-refractivity contribution in [2.45, 2.75) is 25.3 Å². The third kappa shape index (κ3) is 3.77. The van der Waals surface area contributed by atoms with Crippen LogP contribution in [0, 0.1) is 0 Å². The summed E-state index contributed by atoms with van der Waals surface area (Å²) in [5.74, 6) is 1.05. The van der Waals surface area contributed by atoms with Crippen LogP contribution >= 0.6 is 0 Å². The molecule has 1 aliphatic carbocycles. The number of aromatic nitrogens is 5. The molecule has 8 heteroatoms. The smallest absolute Gasteiger partial charge is 0.230 e. The van der Waals surface area contributed by atoms with Gasteiger partial charge in [-0.3, -0.25) is 4.79 Å². The quantitative estimate of drug-likeness (QED) is 0.544. The molecule has 2 aromatic heterocycles. The molecule has 144 valence electrons. The Morgan fingerprint density at radius 1 is 1.10 bits per heavy atom. The number of nitrogens with one attached hydrogen (secondary N) is 1. The molecular formula is C21H18N6O2. The fourth-order valence-electron chi connectivity index (χ4n) is 3.16. The summed E-state index contributed by atoms with van der Waals surface area (Å²) < 4.78 is 7.34. The van der Waals surface area contributed by atoms with Crippen molar-refractivity contribution in [2.24, 2.45) is 0 Å². The second-order valence-corrected chi connectivity index (χ2v) is 6.99. The van der Waals surface area contributed by atoms with E-state index in [9.17, 15) is 4.79 Å². The highest BCUT2D eigenvalue weighted by Gasteiger charge is 2.28. The monoisotopic (exact) mass is 386 g/mol. The Kier molecular flexibility index (Phi) is 4.36. The Morgan fingerprint density at radius 2 is 1.93 bits per heavy atom. The number of rotatable bonds is 6. The van der Waals surface area contributed by atoms with Crippen LogP contribution in [0.25, 0.3) is 22.8 Å². The number of hydrogen-bond donors (Lipinski definition) is 1. The van der Waals surface area contributed by atoms with Crippen molar-refractivity contribution < 1.29 is 9.21 Å². The van der Waals surface area contributed by atoms with Crippen LogP contribution in [0.5, 0.6) is 0 Å². The number of hydrogen-bond acceptors (Lipinski definition) is 6. The SMILES string of the molecule is O=C(Cc1coc(-c2ccccc2)n1)Nc1cccc(-c2nnnn2C2CC2)c1. The number of anilines is 1. The van der Waals surface area contributed by atoms with Crippen LogP contribution in [0.3, 0.4) is 0 Å². The molecule has 0 radical (unpaired) electrons. The van der Waals surface area contributed by atoms with E-state index in [1.165, 1.54) is 6.26 Å². The van der Waals surface area contributed by atoms with E-state index in [2.05, 4.69) is 25.8 Å². The number of tetrazole rings is 1. The molecule has 2 aromatic carbocycles. The second-order valence-electron chi connectivity index (χ2n) is 6.99. The first kappa shape index (κ1) is 17.3. The van der Waals surface area contributed by atoms with Gasteiger partial charge in [0.25, 0.3) is 0 Å². The average molecular weight is 386 g/mol. The number of carbonyl (C=O) groups is 1. The number of oxazole rings is 1. The lowest BCUT2D eigenvalue weighted by Crippen LogP contribution is -2.14. The lowest BCUT2D eigenvalue weighted by Gasteiger charge is -2.07. The molecule has 0 saturated heterocycles. The minimum atomic E-state index is -0.170. The Hall–Kier alpha value is -3.81. The highest BCUT2D eigenvalue weighted by molar-refractivity contribution is 5.92. The number of carbonyl (C=O) groups excluding carboxylic acids is 1. The van der Waals surface area contributed by atoms with Gasteiger partial charge in [-0.1, -0.05) is 30.3 Å². The summed E-state index contributed by atoms with van der Waals surface area (Å²) in [4.78, 5) is 16.9. The van der Waals surface area contributed by atoms with E-state index < -0.39 is 0 Å². The Morgan fingerprint density at radius 3 is 2.76 bits per heavy atom. The first-order chi connectivity index (χ1) is 14.3. The minimum absolute atomic E-state index is 0.125. The molecule has 4 aromatic rings. The molecule has 1 N–H and O–H groups in total. The first-order valence-corrected chi connectivity index (χ1v) is 9.44. The Bertz CT molecular complexity index is 1150. The summed E-state index contributed by atoms with van der Waals surface area (Å²) in [7, 11) is 0. The molecule has 2 heterocycles. The molecule has 1 saturated carbocycles. The minimum Gasteiger partial charge on any atom is -0.444 e.